The van der Waals surface area contributed by atoms with Crippen LogP contribution in [-0.4, -0.2) is 61.3 Å². The SMILES string of the molecule is CN(C)C(=O)NC1COC2(CCN(c3ccccn3)CC2)C1. The van der Waals surface area contributed by atoms with Gasteiger partial charge in [0.1, 0.15) is 5.82 Å². The molecule has 3 rings (SSSR count). The van der Waals surface area contributed by atoms with Crippen LogP contribution in [0.3, 0.4) is 0 Å². The Labute approximate surface area is 131 Å². The number of ether oxygens (including phenoxy) is 1. The molecule has 0 radical (unpaired) electrons. The Morgan fingerprint density at radius 2 is 2.18 bits per heavy atom. The molecule has 2 aliphatic heterocycles. The van der Waals surface area contributed by atoms with E-state index in [1.165, 1.54) is 0 Å². The van der Waals surface area contributed by atoms with Gasteiger partial charge in [0, 0.05) is 33.4 Å². The Morgan fingerprint density at radius 3 is 2.82 bits per heavy atom. The highest BCUT2D eigenvalue weighted by atomic mass is 16.5. The van der Waals surface area contributed by atoms with Crippen molar-refractivity contribution >= 4 is 11.8 Å². The van der Waals surface area contributed by atoms with Crippen LogP contribution in [0.25, 0.3) is 0 Å². The Morgan fingerprint density at radius 1 is 1.41 bits per heavy atom. The van der Waals surface area contributed by atoms with Gasteiger partial charge in [-0.15, -0.1) is 0 Å². The molecule has 6 nitrogen and oxygen atoms in total. The molecule has 0 aliphatic carbocycles. The zero-order chi connectivity index (χ0) is 15.6. The molecule has 2 fully saturated rings. The lowest BCUT2D eigenvalue weighted by atomic mass is 9.87. The minimum Gasteiger partial charge on any atom is -0.373 e. The molecule has 3 heterocycles. The predicted molar refractivity (Wildman–Crippen MR) is 85.0 cm³/mol. The summed E-state index contributed by atoms with van der Waals surface area (Å²) in [5, 5.41) is 3.03. The molecule has 120 valence electrons. The van der Waals surface area contributed by atoms with Gasteiger partial charge in [-0.1, -0.05) is 6.07 Å². The number of carbonyl (C=O) groups excluding carboxylic acids is 1. The first-order chi connectivity index (χ1) is 10.6. The van der Waals surface area contributed by atoms with Gasteiger partial charge >= 0.3 is 6.03 Å². The molecule has 1 atom stereocenters. The van der Waals surface area contributed by atoms with Gasteiger partial charge in [0.2, 0.25) is 0 Å². The van der Waals surface area contributed by atoms with Crippen LogP contribution < -0.4 is 10.2 Å². The molecular formula is C16H24N4O2. The second-order valence-electron chi connectivity index (χ2n) is 6.41. The van der Waals surface area contributed by atoms with E-state index >= 15 is 0 Å². The number of piperidine rings is 1. The van der Waals surface area contributed by atoms with Crippen molar-refractivity contribution in [3.8, 4) is 0 Å². The Bertz CT molecular complexity index is 512. The average molecular weight is 304 g/mol. The van der Waals surface area contributed by atoms with E-state index in [2.05, 4.69) is 15.2 Å². The number of anilines is 1. The van der Waals surface area contributed by atoms with E-state index in [0.29, 0.717) is 6.61 Å². The first-order valence-electron chi connectivity index (χ1n) is 7.86. The molecule has 0 aromatic carbocycles. The molecule has 1 spiro atoms. The summed E-state index contributed by atoms with van der Waals surface area (Å²) in [6.07, 6.45) is 4.71. The molecular weight excluding hydrogens is 280 g/mol. The van der Waals surface area contributed by atoms with Crippen molar-refractivity contribution in [2.45, 2.75) is 30.9 Å². The fraction of sp³-hybridized carbons (Fsp3) is 0.625. The van der Waals surface area contributed by atoms with Crippen molar-refractivity contribution in [1.82, 2.24) is 15.2 Å². The summed E-state index contributed by atoms with van der Waals surface area (Å²) >= 11 is 0. The third-order valence-corrected chi connectivity index (χ3v) is 4.59. The molecule has 1 aromatic rings. The van der Waals surface area contributed by atoms with Crippen molar-refractivity contribution in [1.29, 1.82) is 0 Å². The van der Waals surface area contributed by atoms with E-state index < -0.39 is 0 Å². The van der Waals surface area contributed by atoms with Crippen LogP contribution in [-0.2, 0) is 4.74 Å². The lowest BCUT2D eigenvalue weighted by molar-refractivity contribution is -0.0150. The van der Waals surface area contributed by atoms with Crippen molar-refractivity contribution in [3.05, 3.63) is 24.4 Å². The van der Waals surface area contributed by atoms with Crippen LogP contribution in [0.2, 0.25) is 0 Å². The van der Waals surface area contributed by atoms with Crippen LogP contribution in [0.4, 0.5) is 10.6 Å². The molecule has 22 heavy (non-hydrogen) atoms. The third kappa shape index (κ3) is 3.16. The molecule has 6 heteroatoms. The van der Waals surface area contributed by atoms with Gasteiger partial charge in [0.05, 0.1) is 18.2 Å². The first kappa shape index (κ1) is 15.1. The van der Waals surface area contributed by atoms with E-state index in [1.54, 1.807) is 19.0 Å². The fourth-order valence-corrected chi connectivity index (χ4v) is 3.27. The lowest BCUT2D eigenvalue weighted by Crippen LogP contribution is -2.46. The number of urea groups is 1. The molecule has 1 aromatic heterocycles. The van der Waals surface area contributed by atoms with Crippen LogP contribution >= 0.6 is 0 Å². The summed E-state index contributed by atoms with van der Waals surface area (Å²) in [6.45, 7) is 2.51. The maximum atomic E-state index is 11.7. The minimum absolute atomic E-state index is 0.0448. The molecule has 1 N–H and O–H groups in total. The minimum atomic E-state index is -0.0739. The molecule has 0 bridgehead atoms. The summed E-state index contributed by atoms with van der Waals surface area (Å²) in [4.78, 5) is 20.0. The van der Waals surface area contributed by atoms with E-state index in [4.69, 9.17) is 4.74 Å². The quantitative estimate of drug-likeness (QED) is 0.899. The number of hydrogen-bond acceptors (Lipinski definition) is 4. The van der Waals surface area contributed by atoms with Gasteiger partial charge in [0.25, 0.3) is 0 Å². The van der Waals surface area contributed by atoms with Gasteiger partial charge < -0.3 is 19.9 Å². The molecule has 2 saturated heterocycles. The van der Waals surface area contributed by atoms with Crippen molar-refractivity contribution in [3.63, 3.8) is 0 Å². The normalized spacial score (nSPS) is 23.5. The smallest absolute Gasteiger partial charge is 0.317 e. The zero-order valence-corrected chi connectivity index (χ0v) is 13.3. The summed E-state index contributed by atoms with van der Waals surface area (Å²) < 4.78 is 6.08. The van der Waals surface area contributed by atoms with Crippen LogP contribution in [0.1, 0.15) is 19.3 Å². The van der Waals surface area contributed by atoms with Crippen molar-refractivity contribution in [2.24, 2.45) is 0 Å². The summed E-state index contributed by atoms with van der Waals surface area (Å²) in [5.74, 6) is 1.04. The number of nitrogens with zero attached hydrogens (tertiary/aromatic N) is 3. The fourth-order valence-electron chi connectivity index (χ4n) is 3.27. The number of hydrogen-bond donors (Lipinski definition) is 1. The highest BCUT2D eigenvalue weighted by Crippen LogP contribution is 2.36. The highest BCUT2D eigenvalue weighted by molar-refractivity contribution is 5.73. The number of amides is 2. The zero-order valence-electron chi connectivity index (χ0n) is 13.3. The third-order valence-electron chi connectivity index (χ3n) is 4.59. The summed E-state index contributed by atoms with van der Waals surface area (Å²) in [6, 6.07) is 6.08. The van der Waals surface area contributed by atoms with E-state index in [9.17, 15) is 4.79 Å². The second-order valence-corrected chi connectivity index (χ2v) is 6.41. The summed E-state index contributed by atoms with van der Waals surface area (Å²) in [5.41, 5.74) is -0.0739. The van der Waals surface area contributed by atoms with Crippen LogP contribution in [0, 0.1) is 0 Å². The number of carbonyl (C=O) groups is 1. The Kier molecular flexibility index (Phi) is 4.20. The molecule has 0 saturated carbocycles. The molecule has 1 unspecified atom stereocenters. The number of pyridine rings is 1. The highest BCUT2D eigenvalue weighted by Gasteiger charge is 2.43. The van der Waals surface area contributed by atoms with Crippen LogP contribution in [0.15, 0.2) is 24.4 Å². The van der Waals surface area contributed by atoms with Crippen molar-refractivity contribution < 1.29 is 9.53 Å². The first-order valence-corrected chi connectivity index (χ1v) is 7.86. The largest absolute Gasteiger partial charge is 0.373 e. The average Bonchev–Trinajstić information content (AvgIpc) is 2.91. The Hall–Kier alpha value is -1.82. The maximum Gasteiger partial charge on any atom is 0.317 e. The molecule has 2 aliphatic rings. The summed E-state index contributed by atoms with van der Waals surface area (Å²) in [7, 11) is 3.51. The lowest BCUT2D eigenvalue weighted by Gasteiger charge is -2.39. The predicted octanol–water partition coefficient (Wildman–Crippen LogP) is 1.48. The van der Waals surface area contributed by atoms with Gasteiger partial charge in [-0.25, -0.2) is 9.78 Å². The monoisotopic (exact) mass is 304 g/mol. The van der Waals surface area contributed by atoms with Gasteiger partial charge in [0.15, 0.2) is 0 Å². The molecule has 2 amide bonds. The van der Waals surface area contributed by atoms with Gasteiger partial charge in [-0.3, -0.25) is 0 Å². The van der Waals surface area contributed by atoms with Crippen LogP contribution in [0.5, 0.6) is 0 Å². The van der Waals surface area contributed by atoms with E-state index in [-0.39, 0.29) is 17.7 Å². The number of nitrogens with one attached hydrogen (secondary N) is 1. The number of aromatic nitrogens is 1. The van der Waals surface area contributed by atoms with Gasteiger partial charge in [-0.2, -0.15) is 0 Å². The standard InChI is InChI=1S/C16H24N4O2/c1-19(2)15(21)18-13-11-16(22-12-13)6-9-20(10-7-16)14-5-3-4-8-17-14/h3-5,8,13H,6-7,9-12H2,1-2H3,(H,18,21). The van der Waals surface area contributed by atoms with E-state index in [1.807, 2.05) is 24.4 Å². The van der Waals surface area contributed by atoms with Crippen molar-refractivity contribution in [2.75, 3.05) is 38.7 Å². The topological polar surface area (TPSA) is 57.7 Å². The Balaban J connectivity index is 1.54. The number of rotatable bonds is 2. The maximum absolute atomic E-state index is 11.7. The van der Waals surface area contributed by atoms with Gasteiger partial charge in [-0.05, 0) is 31.4 Å². The second kappa shape index (κ2) is 6.12. The van der Waals surface area contributed by atoms with E-state index in [0.717, 1.165) is 38.2 Å².